The number of methoxy groups -OCH3 is 2. The first-order valence-electron chi connectivity index (χ1n) is 8.93. The lowest BCUT2D eigenvalue weighted by molar-refractivity contribution is -0.385. The van der Waals surface area contributed by atoms with E-state index in [1.54, 1.807) is 4.90 Å². The van der Waals surface area contributed by atoms with E-state index < -0.39 is 4.92 Å². The van der Waals surface area contributed by atoms with Crippen molar-refractivity contribution in [2.24, 2.45) is 5.92 Å². The molecule has 0 spiro atoms. The van der Waals surface area contributed by atoms with Crippen LogP contribution < -0.4 is 14.8 Å². The zero-order chi connectivity index (χ0) is 19.8. The summed E-state index contributed by atoms with van der Waals surface area (Å²) in [6, 6.07) is 2.64. The van der Waals surface area contributed by atoms with Gasteiger partial charge in [0.15, 0.2) is 11.5 Å². The molecule has 1 fully saturated rings. The third kappa shape index (κ3) is 5.30. The lowest BCUT2D eigenvalue weighted by Crippen LogP contribution is -2.40. The molecule has 1 aromatic rings. The number of nitro groups is 1. The predicted octanol–water partition coefficient (Wildman–Crippen LogP) is 1.70. The van der Waals surface area contributed by atoms with Gasteiger partial charge in [-0.3, -0.25) is 14.9 Å². The Morgan fingerprint density at radius 1 is 1.26 bits per heavy atom. The number of hydrogen-bond acceptors (Lipinski definition) is 7. The molecule has 1 aromatic carbocycles. The van der Waals surface area contributed by atoms with Crippen LogP contribution in [-0.4, -0.2) is 69.8 Å². The van der Waals surface area contributed by atoms with Gasteiger partial charge in [0.2, 0.25) is 0 Å². The summed E-state index contributed by atoms with van der Waals surface area (Å²) in [6.07, 6.45) is 1.74. The van der Waals surface area contributed by atoms with E-state index in [9.17, 15) is 14.9 Å². The van der Waals surface area contributed by atoms with E-state index in [0.29, 0.717) is 25.6 Å². The van der Waals surface area contributed by atoms with Crippen molar-refractivity contribution in [3.05, 3.63) is 27.8 Å². The molecule has 150 valence electrons. The number of carbonyl (C=O) groups excluding carboxylic acids is 1. The standard InChI is InChI=1S/C18H27N3O6/c1-19-12-13-4-6-20(7-5-13)18(22)14-10-16(26-3)17(27-9-8-25-2)11-15(14)21(23)24/h10-11,13,19H,4-9,12H2,1-3H3. The minimum atomic E-state index is -0.566. The fourth-order valence-electron chi connectivity index (χ4n) is 3.18. The molecule has 1 heterocycles. The van der Waals surface area contributed by atoms with E-state index in [2.05, 4.69) is 5.32 Å². The van der Waals surface area contributed by atoms with Crippen LogP contribution in [0.2, 0.25) is 0 Å². The number of nitrogens with one attached hydrogen (secondary N) is 1. The number of nitrogens with zero attached hydrogens (tertiary/aromatic N) is 2. The number of benzene rings is 1. The normalized spacial score (nSPS) is 14.9. The Balaban J connectivity index is 2.24. The van der Waals surface area contributed by atoms with Crippen molar-refractivity contribution >= 4 is 11.6 Å². The summed E-state index contributed by atoms with van der Waals surface area (Å²) < 4.78 is 15.7. The van der Waals surface area contributed by atoms with Gasteiger partial charge in [-0.05, 0) is 32.4 Å². The molecule has 0 radical (unpaired) electrons. The Morgan fingerprint density at radius 3 is 2.52 bits per heavy atom. The van der Waals surface area contributed by atoms with Crippen LogP contribution >= 0.6 is 0 Å². The second-order valence-corrected chi connectivity index (χ2v) is 6.41. The highest BCUT2D eigenvalue weighted by Crippen LogP contribution is 2.35. The van der Waals surface area contributed by atoms with Crippen molar-refractivity contribution in [3.63, 3.8) is 0 Å². The largest absolute Gasteiger partial charge is 0.493 e. The smallest absolute Gasteiger partial charge is 0.286 e. The van der Waals surface area contributed by atoms with Crippen LogP contribution in [0.3, 0.4) is 0 Å². The van der Waals surface area contributed by atoms with Crippen molar-refractivity contribution in [1.82, 2.24) is 10.2 Å². The molecule has 0 atom stereocenters. The maximum atomic E-state index is 12.9. The Morgan fingerprint density at radius 2 is 1.96 bits per heavy atom. The van der Waals surface area contributed by atoms with E-state index >= 15 is 0 Å². The molecule has 1 N–H and O–H groups in total. The van der Waals surface area contributed by atoms with Gasteiger partial charge < -0.3 is 24.4 Å². The number of amides is 1. The van der Waals surface area contributed by atoms with Gasteiger partial charge in [-0.1, -0.05) is 0 Å². The summed E-state index contributed by atoms with van der Waals surface area (Å²) in [4.78, 5) is 25.6. The average Bonchev–Trinajstić information content (AvgIpc) is 2.68. The van der Waals surface area contributed by atoms with Crippen molar-refractivity contribution < 1.29 is 23.9 Å². The average molecular weight is 381 g/mol. The number of hydrogen-bond donors (Lipinski definition) is 1. The van der Waals surface area contributed by atoms with Gasteiger partial charge in [0, 0.05) is 26.3 Å². The fourth-order valence-corrected chi connectivity index (χ4v) is 3.18. The van der Waals surface area contributed by atoms with Crippen molar-refractivity contribution in [1.29, 1.82) is 0 Å². The Bertz CT molecular complexity index is 659. The lowest BCUT2D eigenvalue weighted by atomic mass is 9.96. The minimum Gasteiger partial charge on any atom is -0.493 e. The summed E-state index contributed by atoms with van der Waals surface area (Å²) in [6.45, 7) is 2.62. The van der Waals surface area contributed by atoms with Crippen LogP contribution in [0.4, 0.5) is 5.69 Å². The quantitative estimate of drug-likeness (QED) is 0.394. The van der Waals surface area contributed by atoms with Gasteiger partial charge in [-0.15, -0.1) is 0 Å². The highest BCUT2D eigenvalue weighted by molar-refractivity contribution is 5.99. The maximum Gasteiger partial charge on any atom is 0.286 e. The predicted molar refractivity (Wildman–Crippen MR) is 99.6 cm³/mol. The van der Waals surface area contributed by atoms with E-state index in [1.807, 2.05) is 7.05 Å². The second-order valence-electron chi connectivity index (χ2n) is 6.41. The first kappa shape index (κ1) is 20.9. The van der Waals surface area contributed by atoms with E-state index in [-0.39, 0.29) is 35.3 Å². The van der Waals surface area contributed by atoms with Gasteiger partial charge in [-0.2, -0.15) is 0 Å². The molecule has 0 aliphatic carbocycles. The zero-order valence-electron chi connectivity index (χ0n) is 16.0. The van der Waals surface area contributed by atoms with E-state index in [0.717, 1.165) is 19.4 Å². The van der Waals surface area contributed by atoms with Crippen LogP contribution in [0.5, 0.6) is 11.5 Å². The minimum absolute atomic E-state index is 0.0167. The summed E-state index contributed by atoms with van der Waals surface area (Å²) in [7, 11) is 4.87. The highest BCUT2D eigenvalue weighted by atomic mass is 16.6. The molecule has 0 bridgehead atoms. The van der Waals surface area contributed by atoms with Gasteiger partial charge in [0.1, 0.15) is 12.2 Å². The van der Waals surface area contributed by atoms with Crippen molar-refractivity contribution in [2.75, 3.05) is 54.1 Å². The van der Waals surface area contributed by atoms with Crippen LogP contribution in [-0.2, 0) is 4.74 Å². The summed E-state index contributed by atoms with van der Waals surface area (Å²) >= 11 is 0. The molecular formula is C18H27N3O6. The van der Waals surface area contributed by atoms with Gasteiger partial charge in [-0.25, -0.2) is 0 Å². The summed E-state index contributed by atoms with van der Waals surface area (Å²) in [5, 5.41) is 14.7. The Labute approximate surface area is 158 Å². The first-order valence-corrected chi connectivity index (χ1v) is 8.93. The molecule has 9 nitrogen and oxygen atoms in total. The molecule has 1 amide bonds. The molecule has 1 aliphatic heterocycles. The molecule has 1 saturated heterocycles. The van der Waals surface area contributed by atoms with E-state index in [4.69, 9.17) is 14.2 Å². The fraction of sp³-hybridized carbons (Fsp3) is 0.611. The molecule has 0 aromatic heterocycles. The number of rotatable bonds is 9. The SMILES string of the molecule is CNCC1CCN(C(=O)c2cc(OC)c(OCCOC)cc2[N+](=O)[O-])CC1. The van der Waals surface area contributed by atoms with Crippen molar-refractivity contribution in [3.8, 4) is 11.5 Å². The topological polar surface area (TPSA) is 103 Å². The third-order valence-corrected chi connectivity index (χ3v) is 4.65. The van der Waals surface area contributed by atoms with Crippen LogP contribution in [0, 0.1) is 16.0 Å². The molecule has 1 aliphatic rings. The molecule has 0 unspecified atom stereocenters. The second kappa shape index (κ2) is 10.1. The number of likely N-dealkylation sites (tertiary alicyclic amines) is 1. The van der Waals surface area contributed by atoms with Gasteiger partial charge in [0.05, 0.1) is 24.7 Å². The Kier molecular flexibility index (Phi) is 7.81. The summed E-state index contributed by atoms with van der Waals surface area (Å²) in [5.74, 6) is 0.655. The molecule has 0 saturated carbocycles. The summed E-state index contributed by atoms with van der Waals surface area (Å²) in [5.41, 5.74) is -0.270. The third-order valence-electron chi connectivity index (χ3n) is 4.65. The van der Waals surface area contributed by atoms with Gasteiger partial charge >= 0.3 is 0 Å². The molecular weight excluding hydrogens is 354 g/mol. The Hall–Kier alpha value is -2.39. The van der Waals surface area contributed by atoms with Crippen LogP contribution in [0.15, 0.2) is 12.1 Å². The van der Waals surface area contributed by atoms with Crippen LogP contribution in [0.1, 0.15) is 23.2 Å². The number of carbonyl (C=O) groups is 1. The highest BCUT2D eigenvalue weighted by Gasteiger charge is 2.30. The molecule has 27 heavy (non-hydrogen) atoms. The maximum absolute atomic E-state index is 12.9. The zero-order valence-corrected chi connectivity index (χ0v) is 16.0. The number of ether oxygens (including phenoxy) is 3. The first-order chi connectivity index (χ1) is 13.0. The number of piperidine rings is 1. The lowest BCUT2D eigenvalue weighted by Gasteiger charge is -2.32. The molecule has 9 heteroatoms. The van der Waals surface area contributed by atoms with E-state index in [1.165, 1.54) is 26.4 Å². The number of nitro benzene ring substituents is 1. The molecule has 2 rings (SSSR count). The van der Waals surface area contributed by atoms with Gasteiger partial charge in [0.25, 0.3) is 11.6 Å². The van der Waals surface area contributed by atoms with Crippen molar-refractivity contribution in [2.45, 2.75) is 12.8 Å². The van der Waals surface area contributed by atoms with Crippen LogP contribution in [0.25, 0.3) is 0 Å². The monoisotopic (exact) mass is 381 g/mol.